The molecule has 18 heavy (non-hydrogen) atoms. The zero-order chi connectivity index (χ0) is 13.1. The normalized spacial score (nSPS) is 34.8. The molecular weight excluding hydrogens is 224 g/mol. The zero-order valence-electron chi connectivity index (χ0n) is 12.2. The number of carbonyl (C=O) groups is 1. The Hall–Kier alpha value is -0.370. The van der Waals surface area contributed by atoms with Gasteiger partial charge >= 0.3 is 0 Å². The van der Waals surface area contributed by atoms with E-state index in [1.54, 1.807) is 6.92 Å². The molecule has 2 heteroatoms. The summed E-state index contributed by atoms with van der Waals surface area (Å²) in [5.41, 5.74) is 0. The van der Waals surface area contributed by atoms with E-state index < -0.39 is 0 Å². The Labute approximate surface area is 111 Å². The van der Waals surface area contributed by atoms with Crippen molar-refractivity contribution in [2.24, 2.45) is 17.8 Å². The van der Waals surface area contributed by atoms with Gasteiger partial charge in [-0.2, -0.15) is 0 Å². The van der Waals surface area contributed by atoms with Crippen LogP contribution in [0.2, 0.25) is 0 Å². The van der Waals surface area contributed by atoms with Crippen LogP contribution in [-0.4, -0.2) is 18.0 Å². The first kappa shape index (κ1) is 14.0. The zero-order valence-corrected chi connectivity index (χ0v) is 12.2. The van der Waals surface area contributed by atoms with Crippen molar-refractivity contribution in [2.45, 2.75) is 77.9 Å². The van der Waals surface area contributed by atoms with Crippen molar-refractivity contribution in [3.05, 3.63) is 0 Å². The number of hydrogen-bond donors (Lipinski definition) is 0. The summed E-state index contributed by atoms with van der Waals surface area (Å²) in [6.07, 6.45) is 9.25. The highest BCUT2D eigenvalue weighted by Gasteiger charge is 2.37. The summed E-state index contributed by atoms with van der Waals surface area (Å²) in [5.74, 6) is 1.85. The number of carbonyl (C=O) groups excluding carboxylic acids is 1. The molecule has 2 fully saturated rings. The molecule has 0 amide bonds. The maximum absolute atomic E-state index is 11.7. The van der Waals surface area contributed by atoms with Crippen molar-refractivity contribution >= 4 is 5.78 Å². The van der Waals surface area contributed by atoms with Gasteiger partial charge in [-0.1, -0.05) is 33.1 Å². The number of Topliss-reactive ketones (excluding diaryl/α,β-unsaturated/α-hetero) is 1. The molecule has 0 N–H and O–H groups in total. The van der Waals surface area contributed by atoms with Gasteiger partial charge in [0, 0.05) is 5.92 Å². The van der Waals surface area contributed by atoms with Crippen LogP contribution in [0.4, 0.5) is 0 Å². The second kappa shape index (κ2) is 6.18. The topological polar surface area (TPSA) is 26.3 Å². The van der Waals surface area contributed by atoms with Crippen LogP contribution >= 0.6 is 0 Å². The Bertz CT molecular complexity index is 279. The van der Waals surface area contributed by atoms with Gasteiger partial charge in [-0.25, -0.2) is 0 Å². The molecule has 2 rings (SSSR count). The van der Waals surface area contributed by atoms with Crippen LogP contribution in [0.5, 0.6) is 0 Å². The Morgan fingerprint density at radius 3 is 2.33 bits per heavy atom. The average Bonchev–Trinajstić information content (AvgIpc) is 2.39. The van der Waals surface area contributed by atoms with E-state index in [9.17, 15) is 4.79 Å². The third-order valence-corrected chi connectivity index (χ3v) is 4.88. The van der Waals surface area contributed by atoms with Gasteiger partial charge in [-0.3, -0.25) is 4.79 Å². The van der Waals surface area contributed by atoms with E-state index >= 15 is 0 Å². The van der Waals surface area contributed by atoms with Crippen molar-refractivity contribution in [3.63, 3.8) is 0 Å². The minimum absolute atomic E-state index is 0.248. The molecule has 104 valence electrons. The molecule has 0 aromatic heterocycles. The predicted molar refractivity (Wildman–Crippen MR) is 73.5 cm³/mol. The average molecular weight is 252 g/mol. The van der Waals surface area contributed by atoms with E-state index in [-0.39, 0.29) is 5.92 Å². The molecule has 0 bridgehead atoms. The lowest BCUT2D eigenvalue weighted by Crippen LogP contribution is -2.42. The lowest BCUT2D eigenvalue weighted by atomic mass is 9.77. The van der Waals surface area contributed by atoms with E-state index in [1.807, 2.05) is 0 Å². The van der Waals surface area contributed by atoms with Gasteiger partial charge in [-0.05, 0) is 44.4 Å². The van der Waals surface area contributed by atoms with Gasteiger partial charge in [0.25, 0.3) is 0 Å². The van der Waals surface area contributed by atoms with Crippen LogP contribution in [0.3, 0.4) is 0 Å². The van der Waals surface area contributed by atoms with E-state index in [2.05, 4.69) is 13.8 Å². The minimum Gasteiger partial charge on any atom is -0.374 e. The van der Waals surface area contributed by atoms with Gasteiger partial charge in [0.05, 0.1) is 12.2 Å². The summed E-state index contributed by atoms with van der Waals surface area (Å²) >= 11 is 0. The van der Waals surface area contributed by atoms with Crippen molar-refractivity contribution in [2.75, 3.05) is 0 Å². The Morgan fingerprint density at radius 1 is 1.11 bits per heavy atom. The third-order valence-electron chi connectivity index (χ3n) is 4.88. The number of hydrogen-bond acceptors (Lipinski definition) is 2. The molecule has 0 unspecified atom stereocenters. The monoisotopic (exact) mass is 252 g/mol. The fourth-order valence-electron chi connectivity index (χ4n) is 3.56. The lowest BCUT2D eigenvalue weighted by Gasteiger charge is -2.41. The smallest absolute Gasteiger partial charge is 0.133 e. The SMILES string of the molecule is CC(=O)[C@H]1C[C@@H](C(C)C)O[C@H](C2CCCCC2)C1. The van der Waals surface area contributed by atoms with Crippen molar-refractivity contribution in [3.8, 4) is 0 Å². The summed E-state index contributed by atoms with van der Waals surface area (Å²) in [7, 11) is 0. The van der Waals surface area contributed by atoms with Gasteiger partial charge in [0.15, 0.2) is 0 Å². The fourth-order valence-corrected chi connectivity index (χ4v) is 3.56. The molecule has 1 aliphatic heterocycles. The summed E-state index contributed by atoms with van der Waals surface area (Å²) in [4.78, 5) is 11.7. The van der Waals surface area contributed by atoms with Crippen molar-refractivity contribution in [1.82, 2.24) is 0 Å². The molecule has 0 aromatic rings. The predicted octanol–water partition coefficient (Wildman–Crippen LogP) is 3.98. The Balaban J connectivity index is 2.01. The van der Waals surface area contributed by atoms with Gasteiger partial charge in [0.2, 0.25) is 0 Å². The van der Waals surface area contributed by atoms with Crippen molar-refractivity contribution in [1.29, 1.82) is 0 Å². The molecule has 2 nitrogen and oxygen atoms in total. The first-order chi connectivity index (χ1) is 8.58. The molecular formula is C16H28O2. The Morgan fingerprint density at radius 2 is 1.78 bits per heavy atom. The highest BCUT2D eigenvalue weighted by Crippen LogP contribution is 2.37. The number of ketones is 1. The summed E-state index contributed by atoms with van der Waals surface area (Å²) in [5, 5.41) is 0. The minimum atomic E-state index is 0.248. The molecule has 1 saturated heterocycles. The van der Waals surface area contributed by atoms with Crippen LogP contribution in [-0.2, 0) is 9.53 Å². The molecule has 1 heterocycles. The molecule has 1 saturated carbocycles. The highest BCUT2D eigenvalue weighted by molar-refractivity contribution is 5.78. The van der Waals surface area contributed by atoms with Gasteiger partial charge in [-0.15, -0.1) is 0 Å². The maximum atomic E-state index is 11.7. The van der Waals surface area contributed by atoms with E-state index in [4.69, 9.17) is 4.74 Å². The summed E-state index contributed by atoms with van der Waals surface area (Å²) < 4.78 is 6.32. The van der Waals surface area contributed by atoms with E-state index in [1.165, 1.54) is 32.1 Å². The van der Waals surface area contributed by atoms with Crippen LogP contribution in [0.15, 0.2) is 0 Å². The maximum Gasteiger partial charge on any atom is 0.133 e. The first-order valence-electron chi connectivity index (χ1n) is 7.74. The van der Waals surface area contributed by atoms with Crippen LogP contribution in [0.25, 0.3) is 0 Å². The molecule has 3 atom stereocenters. The van der Waals surface area contributed by atoms with E-state index in [0.717, 1.165) is 12.8 Å². The molecule has 1 aliphatic carbocycles. The summed E-state index contributed by atoms with van der Waals surface area (Å²) in [6, 6.07) is 0. The van der Waals surface area contributed by atoms with Gasteiger partial charge in [0.1, 0.15) is 5.78 Å². The Kier molecular flexibility index (Phi) is 4.83. The second-order valence-electron chi connectivity index (χ2n) is 6.63. The molecule has 2 aliphatic rings. The standard InChI is InChI=1S/C16H28O2/c1-11(2)15-9-14(12(3)17)10-16(18-15)13-7-5-4-6-8-13/h11,13-16H,4-10H2,1-3H3/t14-,15-,16-/m0/s1. The molecule has 0 radical (unpaired) electrons. The molecule has 0 spiro atoms. The quantitative estimate of drug-likeness (QED) is 0.759. The second-order valence-corrected chi connectivity index (χ2v) is 6.63. The van der Waals surface area contributed by atoms with Crippen LogP contribution in [0, 0.1) is 17.8 Å². The van der Waals surface area contributed by atoms with Crippen LogP contribution < -0.4 is 0 Å². The first-order valence-corrected chi connectivity index (χ1v) is 7.74. The number of rotatable bonds is 3. The summed E-state index contributed by atoms with van der Waals surface area (Å²) in [6.45, 7) is 6.18. The van der Waals surface area contributed by atoms with Gasteiger partial charge < -0.3 is 4.74 Å². The third kappa shape index (κ3) is 3.34. The van der Waals surface area contributed by atoms with Crippen molar-refractivity contribution < 1.29 is 9.53 Å². The lowest BCUT2D eigenvalue weighted by molar-refractivity contribution is -0.141. The largest absolute Gasteiger partial charge is 0.374 e. The van der Waals surface area contributed by atoms with Crippen LogP contribution in [0.1, 0.15) is 65.7 Å². The van der Waals surface area contributed by atoms with E-state index in [0.29, 0.717) is 29.8 Å². The number of ether oxygens (including phenoxy) is 1. The fraction of sp³-hybridized carbons (Fsp3) is 0.938. The molecule has 0 aromatic carbocycles. The highest BCUT2D eigenvalue weighted by atomic mass is 16.5.